The van der Waals surface area contributed by atoms with Crippen LogP contribution >= 0.6 is 0 Å². The van der Waals surface area contributed by atoms with Crippen molar-refractivity contribution in [1.82, 2.24) is 19.9 Å². The van der Waals surface area contributed by atoms with E-state index in [0.717, 1.165) is 29.8 Å². The van der Waals surface area contributed by atoms with Crippen molar-refractivity contribution >= 4 is 5.91 Å². The fourth-order valence-corrected chi connectivity index (χ4v) is 3.66. The molecule has 1 amide bonds. The van der Waals surface area contributed by atoms with Gasteiger partial charge in [0.2, 0.25) is 5.91 Å². The Balaban J connectivity index is 1.40. The molecule has 1 aliphatic rings. The molecule has 2 aromatic carbocycles. The van der Waals surface area contributed by atoms with Crippen LogP contribution < -0.4 is 9.47 Å². The quantitative estimate of drug-likeness (QED) is 0.645. The number of aromatic nitrogens is 3. The van der Waals surface area contributed by atoms with Crippen LogP contribution in [0.2, 0.25) is 0 Å². The maximum Gasteiger partial charge on any atom is 0.227 e. The van der Waals surface area contributed by atoms with Crippen molar-refractivity contribution in [3.63, 3.8) is 0 Å². The zero-order valence-electron chi connectivity index (χ0n) is 16.6. The van der Waals surface area contributed by atoms with E-state index >= 15 is 0 Å². The van der Waals surface area contributed by atoms with Gasteiger partial charge in [-0.3, -0.25) is 4.79 Å². The summed E-state index contributed by atoms with van der Waals surface area (Å²) in [7, 11) is 3.19. The minimum atomic E-state index is 0.100. The molecule has 1 fully saturated rings. The summed E-state index contributed by atoms with van der Waals surface area (Å²) in [6.45, 7) is 1.36. The van der Waals surface area contributed by atoms with E-state index in [1.165, 1.54) is 0 Å². The number of hydrogen-bond donors (Lipinski definition) is 0. The van der Waals surface area contributed by atoms with E-state index in [0.29, 0.717) is 24.5 Å². The number of likely N-dealkylation sites (tertiary alicyclic amines) is 1. The van der Waals surface area contributed by atoms with Crippen LogP contribution in [0, 0.1) is 0 Å². The van der Waals surface area contributed by atoms with E-state index in [2.05, 4.69) is 10.3 Å². The molecule has 0 aliphatic carbocycles. The first-order chi connectivity index (χ1) is 14.2. The fraction of sp³-hybridized carbons (Fsp3) is 0.318. The zero-order chi connectivity index (χ0) is 20.2. The van der Waals surface area contributed by atoms with E-state index in [9.17, 15) is 4.79 Å². The van der Waals surface area contributed by atoms with Crippen LogP contribution in [0.15, 0.2) is 54.7 Å². The summed E-state index contributed by atoms with van der Waals surface area (Å²) in [5, 5.41) is 8.58. The predicted octanol–water partition coefficient (Wildman–Crippen LogP) is 2.98. The summed E-state index contributed by atoms with van der Waals surface area (Å²) < 4.78 is 12.5. The highest BCUT2D eigenvalue weighted by molar-refractivity contribution is 5.79. The summed E-state index contributed by atoms with van der Waals surface area (Å²) >= 11 is 0. The van der Waals surface area contributed by atoms with Crippen LogP contribution in [-0.2, 0) is 11.2 Å². The minimum absolute atomic E-state index is 0.100. The van der Waals surface area contributed by atoms with E-state index in [1.807, 2.05) is 64.3 Å². The molecule has 2 heterocycles. The number of rotatable bonds is 6. The molecule has 0 N–H and O–H groups in total. The molecular formula is C22H24N4O3. The second-order valence-corrected chi connectivity index (χ2v) is 7.10. The number of carbonyl (C=O) groups is 1. The minimum Gasteiger partial charge on any atom is -0.493 e. The molecule has 7 heteroatoms. The van der Waals surface area contributed by atoms with Gasteiger partial charge in [-0.25, -0.2) is 4.68 Å². The Hall–Kier alpha value is -3.35. The van der Waals surface area contributed by atoms with Gasteiger partial charge in [-0.2, -0.15) is 0 Å². The first kappa shape index (κ1) is 19.0. The number of hydrogen-bond acceptors (Lipinski definition) is 5. The smallest absolute Gasteiger partial charge is 0.227 e. The lowest BCUT2D eigenvalue weighted by molar-refractivity contribution is -0.129. The third kappa shape index (κ3) is 4.08. The van der Waals surface area contributed by atoms with Crippen LogP contribution in [0.4, 0.5) is 0 Å². The van der Waals surface area contributed by atoms with Crippen molar-refractivity contribution in [2.75, 3.05) is 27.3 Å². The van der Waals surface area contributed by atoms with Crippen LogP contribution in [0.5, 0.6) is 11.5 Å². The summed E-state index contributed by atoms with van der Waals surface area (Å²) in [5.41, 5.74) is 2.79. The Bertz CT molecular complexity index is 987. The standard InChI is InChI=1S/C22H24N4O3/c1-28-20-9-8-16(12-21(20)29-2)13-22(27)25-11-10-18(14-25)26-15-19(23-24-26)17-6-4-3-5-7-17/h3-9,12,15,18H,10-11,13-14H2,1-2H3. The summed E-state index contributed by atoms with van der Waals surface area (Å²) in [5.74, 6) is 1.39. The van der Waals surface area contributed by atoms with Gasteiger partial charge >= 0.3 is 0 Å². The van der Waals surface area contributed by atoms with Crippen molar-refractivity contribution in [2.24, 2.45) is 0 Å². The molecular weight excluding hydrogens is 368 g/mol. The van der Waals surface area contributed by atoms with Crippen molar-refractivity contribution in [2.45, 2.75) is 18.9 Å². The predicted molar refractivity (Wildman–Crippen MR) is 109 cm³/mol. The number of carbonyl (C=O) groups excluding carboxylic acids is 1. The Morgan fingerprint density at radius 2 is 1.90 bits per heavy atom. The highest BCUT2D eigenvalue weighted by Gasteiger charge is 2.28. The van der Waals surface area contributed by atoms with Crippen LogP contribution in [0.1, 0.15) is 18.0 Å². The summed E-state index contributed by atoms with van der Waals surface area (Å²) in [6, 6.07) is 15.7. The molecule has 150 valence electrons. The molecule has 1 unspecified atom stereocenters. The lowest BCUT2D eigenvalue weighted by atomic mass is 10.1. The average Bonchev–Trinajstić information content (AvgIpc) is 3.44. The molecule has 1 saturated heterocycles. The number of amides is 1. The molecule has 0 bridgehead atoms. The normalized spacial score (nSPS) is 16.1. The molecule has 1 aliphatic heterocycles. The topological polar surface area (TPSA) is 69.5 Å². The van der Waals surface area contributed by atoms with Crippen LogP contribution in [0.25, 0.3) is 11.3 Å². The molecule has 1 aromatic heterocycles. The lowest BCUT2D eigenvalue weighted by Gasteiger charge is -2.17. The fourth-order valence-electron chi connectivity index (χ4n) is 3.66. The largest absolute Gasteiger partial charge is 0.493 e. The molecule has 3 aromatic rings. The Labute approximate surface area is 169 Å². The molecule has 1 atom stereocenters. The van der Waals surface area contributed by atoms with Crippen LogP contribution in [-0.4, -0.2) is 53.1 Å². The van der Waals surface area contributed by atoms with E-state index in [1.54, 1.807) is 14.2 Å². The number of benzene rings is 2. The molecule has 0 spiro atoms. The molecule has 0 radical (unpaired) electrons. The van der Waals surface area contributed by atoms with Gasteiger partial charge < -0.3 is 14.4 Å². The van der Waals surface area contributed by atoms with Gasteiger partial charge in [-0.1, -0.05) is 41.6 Å². The first-order valence-electron chi connectivity index (χ1n) is 9.64. The van der Waals surface area contributed by atoms with E-state index < -0.39 is 0 Å². The van der Waals surface area contributed by atoms with Gasteiger partial charge in [0.25, 0.3) is 0 Å². The van der Waals surface area contributed by atoms with E-state index in [-0.39, 0.29) is 11.9 Å². The van der Waals surface area contributed by atoms with Crippen molar-refractivity contribution in [3.8, 4) is 22.8 Å². The SMILES string of the molecule is COc1ccc(CC(=O)N2CCC(n3cc(-c4ccccc4)nn3)C2)cc1OC. The third-order valence-electron chi connectivity index (χ3n) is 5.27. The average molecular weight is 392 g/mol. The van der Waals surface area contributed by atoms with E-state index in [4.69, 9.17) is 9.47 Å². The highest BCUT2D eigenvalue weighted by Crippen LogP contribution is 2.29. The number of ether oxygens (including phenoxy) is 2. The van der Waals surface area contributed by atoms with Gasteiger partial charge in [-0.05, 0) is 24.1 Å². The summed E-state index contributed by atoms with van der Waals surface area (Å²) in [6.07, 6.45) is 3.16. The first-order valence-corrected chi connectivity index (χ1v) is 9.64. The zero-order valence-corrected chi connectivity index (χ0v) is 16.6. The van der Waals surface area contributed by atoms with Gasteiger partial charge in [0.05, 0.1) is 32.9 Å². The monoisotopic (exact) mass is 392 g/mol. The molecule has 0 saturated carbocycles. The second-order valence-electron chi connectivity index (χ2n) is 7.10. The van der Waals surface area contributed by atoms with Gasteiger partial charge in [0, 0.05) is 18.7 Å². The maximum atomic E-state index is 12.8. The number of nitrogens with zero attached hydrogens (tertiary/aromatic N) is 4. The molecule has 7 nitrogen and oxygen atoms in total. The molecule has 29 heavy (non-hydrogen) atoms. The Morgan fingerprint density at radius 3 is 2.66 bits per heavy atom. The van der Waals surface area contributed by atoms with Crippen molar-refractivity contribution in [1.29, 1.82) is 0 Å². The Morgan fingerprint density at radius 1 is 1.10 bits per heavy atom. The van der Waals surface area contributed by atoms with Crippen molar-refractivity contribution < 1.29 is 14.3 Å². The second kappa shape index (κ2) is 8.34. The third-order valence-corrected chi connectivity index (χ3v) is 5.27. The van der Waals surface area contributed by atoms with Gasteiger partial charge in [0.15, 0.2) is 11.5 Å². The van der Waals surface area contributed by atoms with Crippen LogP contribution in [0.3, 0.4) is 0 Å². The number of methoxy groups -OCH3 is 2. The lowest BCUT2D eigenvalue weighted by Crippen LogP contribution is -2.30. The maximum absolute atomic E-state index is 12.8. The summed E-state index contributed by atoms with van der Waals surface area (Å²) in [4.78, 5) is 14.7. The van der Waals surface area contributed by atoms with Gasteiger partial charge in [-0.15, -0.1) is 5.10 Å². The molecule has 4 rings (SSSR count). The van der Waals surface area contributed by atoms with Crippen molar-refractivity contribution in [3.05, 3.63) is 60.3 Å². The Kier molecular flexibility index (Phi) is 5.46. The highest BCUT2D eigenvalue weighted by atomic mass is 16.5. The van der Waals surface area contributed by atoms with Gasteiger partial charge in [0.1, 0.15) is 5.69 Å².